The third-order valence-electron chi connectivity index (χ3n) is 1.52. The van der Waals surface area contributed by atoms with Crippen LogP contribution in [0.1, 0.15) is 11.4 Å². The average molecular weight is 195 g/mol. The number of carbonyl (C=O) groups excluding carboxylic acids is 1. The number of rotatable bonds is 4. The number of ether oxygens (including phenoxy) is 1. The number of aldehydes is 1. The Bertz CT molecular complexity index is 350. The Hall–Kier alpha value is -1.55. The fourth-order valence-corrected chi connectivity index (χ4v) is 0.982. The molecule has 74 valence electrons. The smallest absolute Gasteiger partial charge is 0.178 e. The second-order valence-electron chi connectivity index (χ2n) is 2.63. The van der Waals surface area contributed by atoms with E-state index in [1.165, 1.54) is 0 Å². The predicted molar refractivity (Wildman–Crippen MR) is 50.1 cm³/mol. The highest BCUT2D eigenvalue weighted by molar-refractivity contribution is 5.77. The number of nitrogens with zero attached hydrogens (tertiary/aromatic N) is 1. The van der Waals surface area contributed by atoms with Gasteiger partial charge in [-0.1, -0.05) is 6.07 Å². The van der Waals surface area contributed by atoms with Gasteiger partial charge in [0.1, 0.15) is 0 Å². The molecule has 0 saturated heterocycles. The molecule has 0 radical (unpaired) electrons. The summed E-state index contributed by atoms with van der Waals surface area (Å²) in [6, 6.07) is 5.10. The van der Waals surface area contributed by atoms with Crippen LogP contribution in [0.15, 0.2) is 24.0 Å². The summed E-state index contributed by atoms with van der Waals surface area (Å²) in [5.41, 5.74) is 1.10. The van der Waals surface area contributed by atoms with Crippen LogP contribution >= 0.6 is 0 Å². The first-order valence-electron chi connectivity index (χ1n) is 4.03. The second kappa shape index (κ2) is 5.24. The summed E-state index contributed by atoms with van der Waals surface area (Å²) in [6.45, 7) is 0.365. The van der Waals surface area contributed by atoms with Crippen molar-refractivity contribution < 1.29 is 13.9 Å². The van der Waals surface area contributed by atoms with Crippen molar-refractivity contribution in [3.05, 3.63) is 35.4 Å². The molecule has 0 aliphatic heterocycles. The summed E-state index contributed by atoms with van der Waals surface area (Å²) in [7, 11) is 1.55. The molecule has 0 bridgehead atoms. The number of allylic oxidation sites excluding steroid dienone is 1. The first kappa shape index (κ1) is 10.5. The normalized spacial score (nSPS) is 11.4. The molecule has 0 unspecified atom stereocenters. The SMILES string of the molecule is COCc1cccc(C=C(F)C=O)n1. The molecule has 0 fully saturated rings. The van der Waals surface area contributed by atoms with Gasteiger partial charge in [-0.3, -0.25) is 9.78 Å². The monoisotopic (exact) mass is 195 g/mol. The third-order valence-corrected chi connectivity index (χ3v) is 1.52. The van der Waals surface area contributed by atoms with Crippen molar-refractivity contribution in [2.24, 2.45) is 0 Å². The van der Waals surface area contributed by atoms with Crippen LogP contribution in [0.2, 0.25) is 0 Å². The highest BCUT2D eigenvalue weighted by Crippen LogP contribution is 2.05. The topological polar surface area (TPSA) is 39.2 Å². The molecule has 14 heavy (non-hydrogen) atoms. The predicted octanol–water partition coefficient (Wildman–Crippen LogP) is 1.74. The maximum atomic E-state index is 12.6. The molecule has 1 heterocycles. The number of carbonyl (C=O) groups is 1. The van der Waals surface area contributed by atoms with E-state index in [1.807, 2.05) is 0 Å². The number of hydrogen-bond donors (Lipinski definition) is 0. The second-order valence-corrected chi connectivity index (χ2v) is 2.63. The van der Waals surface area contributed by atoms with Gasteiger partial charge in [0.25, 0.3) is 0 Å². The van der Waals surface area contributed by atoms with Gasteiger partial charge in [-0.25, -0.2) is 4.39 Å². The van der Waals surface area contributed by atoms with E-state index in [-0.39, 0.29) is 6.29 Å². The van der Waals surface area contributed by atoms with Crippen molar-refractivity contribution >= 4 is 12.4 Å². The van der Waals surface area contributed by atoms with E-state index < -0.39 is 5.83 Å². The maximum absolute atomic E-state index is 12.6. The van der Waals surface area contributed by atoms with E-state index in [9.17, 15) is 9.18 Å². The lowest BCUT2D eigenvalue weighted by Crippen LogP contribution is -1.93. The van der Waals surface area contributed by atoms with Crippen LogP contribution in [0.4, 0.5) is 4.39 Å². The van der Waals surface area contributed by atoms with Gasteiger partial charge in [0, 0.05) is 13.2 Å². The summed E-state index contributed by atoms with van der Waals surface area (Å²) in [5.74, 6) is -0.841. The number of aromatic nitrogens is 1. The lowest BCUT2D eigenvalue weighted by Gasteiger charge is -1.99. The zero-order valence-corrected chi connectivity index (χ0v) is 7.74. The van der Waals surface area contributed by atoms with Crippen molar-refractivity contribution in [1.29, 1.82) is 0 Å². The molecule has 0 aliphatic rings. The van der Waals surface area contributed by atoms with Gasteiger partial charge >= 0.3 is 0 Å². The number of hydrogen-bond acceptors (Lipinski definition) is 3. The first-order chi connectivity index (χ1) is 6.76. The van der Waals surface area contributed by atoms with Gasteiger partial charge < -0.3 is 4.74 Å². The highest BCUT2D eigenvalue weighted by Gasteiger charge is 1.97. The average Bonchev–Trinajstić information content (AvgIpc) is 2.19. The minimum atomic E-state index is -0.841. The van der Waals surface area contributed by atoms with E-state index in [4.69, 9.17) is 4.74 Å². The molecule has 0 atom stereocenters. The van der Waals surface area contributed by atoms with E-state index in [2.05, 4.69) is 4.98 Å². The Morgan fingerprint density at radius 2 is 2.43 bits per heavy atom. The van der Waals surface area contributed by atoms with E-state index in [0.717, 1.165) is 6.08 Å². The zero-order valence-electron chi connectivity index (χ0n) is 7.74. The zero-order chi connectivity index (χ0) is 10.4. The number of methoxy groups -OCH3 is 1. The molecule has 1 rings (SSSR count). The Labute approximate surface area is 81.2 Å². The molecule has 0 saturated carbocycles. The molecular weight excluding hydrogens is 185 g/mol. The largest absolute Gasteiger partial charge is 0.378 e. The molecule has 1 aromatic rings. The minimum Gasteiger partial charge on any atom is -0.378 e. The van der Waals surface area contributed by atoms with Crippen LogP contribution in [-0.4, -0.2) is 18.4 Å². The Morgan fingerprint density at radius 3 is 3.07 bits per heavy atom. The van der Waals surface area contributed by atoms with Crippen LogP contribution in [0.25, 0.3) is 6.08 Å². The van der Waals surface area contributed by atoms with Crippen LogP contribution < -0.4 is 0 Å². The van der Waals surface area contributed by atoms with Crippen molar-refractivity contribution in [3.63, 3.8) is 0 Å². The van der Waals surface area contributed by atoms with Crippen molar-refractivity contribution in [2.45, 2.75) is 6.61 Å². The summed E-state index contributed by atoms with van der Waals surface area (Å²) in [5, 5.41) is 0. The minimum absolute atomic E-state index is 0.144. The van der Waals surface area contributed by atoms with Gasteiger partial charge in [-0.2, -0.15) is 0 Å². The van der Waals surface area contributed by atoms with Gasteiger partial charge in [-0.05, 0) is 12.1 Å². The lowest BCUT2D eigenvalue weighted by molar-refractivity contribution is -0.106. The summed E-state index contributed by atoms with van der Waals surface area (Å²) in [6.07, 6.45) is 1.22. The molecule has 1 aromatic heterocycles. The third kappa shape index (κ3) is 3.06. The van der Waals surface area contributed by atoms with Gasteiger partial charge in [0.2, 0.25) is 0 Å². The molecule has 4 heteroatoms. The van der Waals surface area contributed by atoms with E-state index in [0.29, 0.717) is 18.0 Å². The molecular formula is C10H10FNO2. The molecule has 0 amide bonds. The first-order valence-corrected chi connectivity index (χ1v) is 4.03. The fourth-order valence-electron chi connectivity index (χ4n) is 0.982. The van der Waals surface area contributed by atoms with Crippen LogP contribution in [-0.2, 0) is 16.1 Å². The summed E-state index contributed by atoms with van der Waals surface area (Å²) >= 11 is 0. The lowest BCUT2D eigenvalue weighted by atomic mass is 10.3. The number of pyridine rings is 1. The van der Waals surface area contributed by atoms with Crippen LogP contribution in [0.3, 0.4) is 0 Å². The van der Waals surface area contributed by atoms with E-state index >= 15 is 0 Å². The van der Waals surface area contributed by atoms with Crippen molar-refractivity contribution in [3.8, 4) is 0 Å². The Balaban J connectivity index is 2.88. The van der Waals surface area contributed by atoms with E-state index in [1.54, 1.807) is 25.3 Å². The molecule has 3 nitrogen and oxygen atoms in total. The van der Waals surface area contributed by atoms with Crippen molar-refractivity contribution in [1.82, 2.24) is 4.98 Å². The van der Waals surface area contributed by atoms with Gasteiger partial charge in [0.05, 0.1) is 18.0 Å². The quantitative estimate of drug-likeness (QED) is 0.542. The molecule has 0 spiro atoms. The Kier molecular flexibility index (Phi) is 3.94. The summed E-state index contributed by atoms with van der Waals surface area (Å²) in [4.78, 5) is 14.1. The molecule has 0 aromatic carbocycles. The summed E-state index contributed by atoms with van der Waals surface area (Å²) < 4.78 is 17.4. The fraction of sp³-hybridized carbons (Fsp3) is 0.200. The van der Waals surface area contributed by atoms with Crippen molar-refractivity contribution in [2.75, 3.05) is 7.11 Å². The van der Waals surface area contributed by atoms with Crippen LogP contribution in [0, 0.1) is 0 Å². The maximum Gasteiger partial charge on any atom is 0.178 e. The molecule has 0 N–H and O–H groups in total. The highest BCUT2D eigenvalue weighted by atomic mass is 19.1. The van der Waals surface area contributed by atoms with Crippen LogP contribution in [0.5, 0.6) is 0 Å². The van der Waals surface area contributed by atoms with Gasteiger partial charge in [-0.15, -0.1) is 0 Å². The Morgan fingerprint density at radius 1 is 1.64 bits per heavy atom. The standard InChI is InChI=1S/C10H10FNO2/c1-14-7-10-4-2-3-9(12-10)5-8(11)6-13/h2-6H,7H2,1H3. The van der Waals surface area contributed by atoms with Gasteiger partial charge in [0.15, 0.2) is 12.1 Å². The molecule has 0 aliphatic carbocycles. The number of halogens is 1.